The van der Waals surface area contributed by atoms with E-state index in [1.165, 1.54) is 6.07 Å². The van der Waals surface area contributed by atoms with E-state index < -0.39 is 10.0 Å². The predicted molar refractivity (Wildman–Crippen MR) is 105 cm³/mol. The van der Waals surface area contributed by atoms with E-state index in [2.05, 4.69) is 14.6 Å². The first-order valence-electron chi connectivity index (χ1n) is 9.11. The van der Waals surface area contributed by atoms with Crippen molar-refractivity contribution in [1.29, 1.82) is 0 Å². The molecule has 1 aliphatic heterocycles. The van der Waals surface area contributed by atoms with Gasteiger partial charge >= 0.3 is 0 Å². The molecular formula is C19H25FN4O2S. The van der Waals surface area contributed by atoms with Crippen LogP contribution >= 0.6 is 0 Å². The molecule has 6 nitrogen and oxygen atoms in total. The average molecular weight is 393 g/mol. The Balaban J connectivity index is 1.71. The molecule has 1 N–H and O–H groups in total. The Morgan fingerprint density at radius 1 is 1.15 bits per heavy atom. The first-order chi connectivity index (χ1) is 13.0. The molecule has 1 aromatic heterocycles. The van der Waals surface area contributed by atoms with Crippen LogP contribution in [-0.4, -0.2) is 56.8 Å². The minimum Gasteiger partial charge on any atom is -0.367 e. The zero-order valence-electron chi connectivity index (χ0n) is 15.4. The van der Waals surface area contributed by atoms with E-state index in [4.69, 9.17) is 0 Å². The highest BCUT2D eigenvalue weighted by Gasteiger charge is 2.27. The van der Waals surface area contributed by atoms with Gasteiger partial charge in [-0.15, -0.1) is 0 Å². The smallest absolute Gasteiger partial charge is 0.211 e. The van der Waals surface area contributed by atoms with E-state index in [1.807, 2.05) is 23.1 Å². The third-order valence-electron chi connectivity index (χ3n) is 4.89. The van der Waals surface area contributed by atoms with Crippen LogP contribution in [0.15, 0.2) is 48.8 Å². The van der Waals surface area contributed by atoms with Crippen LogP contribution in [0.1, 0.15) is 18.5 Å². The normalized spacial score (nSPS) is 17.0. The molecule has 1 saturated heterocycles. The number of anilines is 1. The number of nitrogens with one attached hydrogen (secondary N) is 1. The number of para-hydroxylation sites is 1. The molecule has 1 aromatic carbocycles. The minimum absolute atomic E-state index is 0.0494. The lowest BCUT2D eigenvalue weighted by Gasteiger charge is -2.40. The molecule has 0 radical (unpaired) electrons. The summed E-state index contributed by atoms with van der Waals surface area (Å²) >= 11 is 0. The molecule has 0 amide bonds. The molecule has 0 aliphatic carbocycles. The van der Waals surface area contributed by atoms with E-state index in [0.717, 1.165) is 5.56 Å². The summed E-state index contributed by atoms with van der Waals surface area (Å²) in [6.45, 7) is 4.69. The summed E-state index contributed by atoms with van der Waals surface area (Å²) in [7, 11) is -3.28. The van der Waals surface area contributed by atoms with Gasteiger partial charge in [0.1, 0.15) is 5.82 Å². The highest BCUT2D eigenvalue weighted by molar-refractivity contribution is 7.89. The molecule has 1 atom stereocenters. The van der Waals surface area contributed by atoms with E-state index in [9.17, 15) is 12.8 Å². The van der Waals surface area contributed by atoms with Crippen molar-refractivity contribution >= 4 is 15.7 Å². The van der Waals surface area contributed by atoms with Crippen LogP contribution in [0.3, 0.4) is 0 Å². The average Bonchev–Trinajstić information content (AvgIpc) is 2.70. The van der Waals surface area contributed by atoms with Gasteiger partial charge < -0.3 is 4.90 Å². The topological polar surface area (TPSA) is 65.5 Å². The molecule has 1 aliphatic rings. The number of hydrogen-bond acceptors (Lipinski definition) is 5. The summed E-state index contributed by atoms with van der Waals surface area (Å²) in [5, 5.41) is 0. The van der Waals surface area contributed by atoms with E-state index >= 15 is 0 Å². The maximum Gasteiger partial charge on any atom is 0.211 e. The van der Waals surface area contributed by atoms with Crippen molar-refractivity contribution in [1.82, 2.24) is 14.6 Å². The summed E-state index contributed by atoms with van der Waals surface area (Å²) < 4.78 is 40.5. The number of sulfonamides is 1. The first kappa shape index (κ1) is 19.7. The first-order valence-corrected chi connectivity index (χ1v) is 10.8. The molecule has 2 heterocycles. The number of piperazine rings is 1. The van der Waals surface area contributed by atoms with Crippen LogP contribution in [0.5, 0.6) is 0 Å². The van der Waals surface area contributed by atoms with Gasteiger partial charge in [0.2, 0.25) is 10.0 Å². The number of aromatic nitrogens is 1. The van der Waals surface area contributed by atoms with Gasteiger partial charge in [0, 0.05) is 51.2 Å². The van der Waals surface area contributed by atoms with Crippen LogP contribution in [0.25, 0.3) is 0 Å². The Kier molecular flexibility index (Phi) is 6.41. The molecule has 146 valence electrons. The number of pyridine rings is 1. The highest BCUT2D eigenvalue weighted by atomic mass is 32.2. The number of rotatable bonds is 7. The molecule has 0 bridgehead atoms. The van der Waals surface area contributed by atoms with Crippen LogP contribution < -0.4 is 9.62 Å². The monoisotopic (exact) mass is 392 g/mol. The molecule has 1 fully saturated rings. The van der Waals surface area contributed by atoms with Crippen molar-refractivity contribution in [3.05, 3.63) is 60.2 Å². The Hall–Kier alpha value is -2.03. The lowest BCUT2D eigenvalue weighted by Crippen LogP contribution is -2.50. The number of hydrogen-bond donors (Lipinski definition) is 1. The molecule has 27 heavy (non-hydrogen) atoms. The fourth-order valence-corrected chi connectivity index (χ4v) is 3.94. The van der Waals surface area contributed by atoms with Crippen molar-refractivity contribution in [2.24, 2.45) is 0 Å². The summed E-state index contributed by atoms with van der Waals surface area (Å²) in [5.41, 5.74) is 1.58. The van der Waals surface area contributed by atoms with Gasteiger partial charge in [0.25, 0.3) is 0 Å². The standard InChI is InChI=1S/C19H25FN4O2S/c1-2-27(25,26)22-15-19(16-6-5-9-21-14-16)24-12-10-23(11-13-24)18-8-4-3-7-17(18)20/h3-9,14,19,22H,2,10-13,15H2,1H3/t19-/m1/s1. The third-order valence-corrected chi connectivity index (χ3v) is 6.26. The quantitative estimate of drug-likeness (QED) is 0.781. The van der Waals surface area contributed by atoms with E-state index in [0.29, 0.717) is 38.4 Å². The molecule has 3 rings (SSSR count). The third kappa shape index (κ3) is 5.03. The maximum absolute atomic E-state index is 14.0. The summed E-state index contributed by atoms with van der Waals surface area (Å²) in [6.07, 6.45) is 3.47. The Morgan fingerprint density at radius 3 is 2.52 bits per heavy atom. The van der Waals surface area contributed by atoms with Crippen LogP contribution in [-0.2, 0) is 10.0 Å². The SMILES string of the molecule is CCS(=O)(=O)NC[C@H](c1cccnc1)N1CCN(c2ccccc2F)CC1. The van der Waals surface area contributed by atoms with Gasteiger partial charge in [-0.1, -0.05) is 18.2 Å². The fourth-order valence-electron chi connectivity index (χ4n) is 3.32. The van der Waals surface area contributed by atoms with Gasteiger partial charge in [-0.05, 0) is 30.7 Å². The molecule has 0 spiro atoms. The number of benzene rings is 1. The second kappa shape index (κ2) is 8.77. The zero-order valence-corrected chi connectivity index (χ0v) is 16.2. The van der Waals surface area contributed by atoms with Crippen molar-refractivity contribution in [3.8, 4) is 0 Å². The Morgan fingerprint density at radius 2 is 1.89 bits per heavy atom. The zero-order chi connectivity index (χ0) is 19.3. The van der Waals surface area contributed by atoms with Crippen molar-refractivity contribution in [2.75, 3.05) is 43.4 Å². The molecule has 2 aromatic rings. The predicted octanol–water partition coefficient (Wildman–Crippen LogP) is 2.02. The Labute approximate surface area is 160 Å². The van der Waals surface area contributed by atoms with Crippen molar-refractivity contribution in [3.63, 3.8) is 0 Å². The van der Waals surface area contributed by atoms with Gasteiger partial charge in [-0.3, -0.25) is 9.88 Å². The van der Waals surface area contributed by atoms with Gasteiger partial charge in [0.05, 0.1) is 11.4 Å². The minimum atomic E-state index is -3.28. The lowest BCUT2D eigenvalue weighted by atomic mass is 10.1. The Bertz CT molecular complexity index is 840. The molecule has 0 unspecified atom stereocenters. The summed E-state index contributed by atoms with van der Waals surface area (Å²) in [5.74, 6) is -0.168. The van der Waals surface area contributed by atoms with Crippen LogP contribution in [0.4, 0.5) is 10.1 Å². The number of nitrogens with zero attached hydrogens (tertiary/aromatic N) is 3. The van der Waals surface area contributed by atoms with Gasteiger partial charge in [-0.25, -0.2) is 17.5 Å². The van der Waals surface area contributed by atoms with E-state index in [-0.39, 0.29) is 17.6 Å². The second-order valence-electron chi connectivity index (χ2n) is 6.53. The fraction of sp³-hybridized carbons (Fsp3) is 0.421. The molecule has 0 saturated carbocycles. The lowest BCUT2D eigenvalue weighted by molar-refractivity contribution is 0.186. The summed E-state index contributed by atoms with van der Waals surface area (Å²) in [6, 6.07) is 10.5. The van der Waals surface area contributed by atoms with Crippen molar-refractivity contribution in [2.45, 2.75) is 13.0 Å². The van der Waals surface area contributed by atoms with Crippen LogP contribution in [0, 0.1) is 5.82 Å². The van der Waals surface area contributed by atoms with Crippen molar-refractivity contribution < 1.29 is 12.8 Å². The molecular weight excluding hydrogens is 367 g/mol. The van der Waals surface area contributed by atoms with E-state index in [1.54, 1.807) is 31.5 Å². The van der Waals surface area contributed by atoms with Crippen LogP contribution in [0.2, 0.25) is 0 Å². The highest BCUT2D eigenvalue weighted by Crippen LogP contribution is 2.25. The maximum atomic E-state index is 14.0. The summed E-state index contributed by atoms with van der Waals surface area (Å²) in [4.78, 5) is 8.43. The van der Waals surface area contributed by atoms with Gasteiger partial charge in [-0.2, -0.15) is 0 Å². The largest absolute Gasteiger partial charge is 0.367 e. The molecule has 8 heteroatoms. The number of halogens is 1. The van der Waals surface area contributed by atoms with Gasteiger partial charge in [0.15, 0.2) is 0 Å². The second-order valence-corrected chi connectivity index (χ2v) is 8.62.